The molecule has 2 aromatic heterocycles. The van der Waals surface area contributed by atoms with Crippen LogP contribution in [-0.4, -0.2) is 75.1 Å². The molecular formula is C19H25N5O5. The first-order valence-electron chi connectivity index (χ1n) is 9.40. The van der Waals surface area contributed by atoms with Gasteiger partial charge in [0.05, 0.1) is 24.5 Å². The van der Waals surface area contributed by atoms with Gasteiger partial charge >= 0.3 is 11.7 Å². The molecule has 2 aromatic rings. The molecule has 1 saturated heterocycles. The van der Waals surface area contributed by atoms with Gasteiger partial charge in [-0.15, -0.1) is 0 Å². The second kappa shape index (κ2) is 8.16. The maximum atomic E-state index is 13.0. The molecule has 1 amide bonds. The van der Waals surface area contributed by atoms with Gasteiger partial charge in [0.25, 0.3) is 11.5 Å². The number of carbonyl (C=O) groups excluding carboxylic acids is 2. The highest BCUT2D eigenvalue weighted by Gasteiger charge is 2.28. The summed E-state index contributed by atoms with van der Waals surface area (Å²) in [4.78, 5) is 56.8. The van der Waals surface area contributed by atoms with Gasteiger partial charge in [-0.1, -0.05) is 0 Å². The average molecular weight is 403 g/mol. The number of aryl methyl sites for hydroxylation is 1. The number of ether oxygens (including phenoxy) is 1. The SMILES string of the molecule is COC(=O)CCN1CCN(C(=O)c2cnc3c(c2)c(=O)n(C)c(=O)n3C)CC1C. The van der Waals surface area contributed by atoms with Crippen molar-refractivity contribution in [2.45, 2.75) is 19.4 Å². The number of piperazine rings is 1. The second-order valence-electron chi connectivity index (χ2n) is 7.26. The molecule has 3 rings (SSSR count). The van der Waals surface area contributed by atoms with Crippen molar-refractivity contribution in [2.75, 3.05) is 33.3 Å². The molecule has 0 aromatic carbocycles. The number of nitrogens with zero attached hydrogens (tertiary/aromatic N) is 5. The standard InChI is InChI=1S/C19H25N5O5/c1-12-11-24(8-7-23(12)6-5-15(25)29-4)17(26)13-9-14-16(20-10-13)21(2)19(28)22(3)18(14)27/h9-10,12H,5-8,11H2,1-4H3. The third kappa shape index (κ3) is 3.93. The van der Waals surface area contributed by atoms with Crippen LogP contribution >= 0.6 is 0 Å². The smallest absolute Gasteiger partial charge is 0.332 e. The van der Waals surface area contributed by atoms with Gasteiger partial charge in [0.2, 0.25) is 0 Å². The predicted octanol–water partition coefficient (Wildman–Crippen LogP) is -0.658. The number of aromatic nitrogens is 3. The van der Waals surface area contributed by atoms with Crippen molar-refractivity contribution in [3.8, 4) is 0 Å². The van der Waals surface area contributed by atoms with E-state index in [0.717, 1.165) is 4.57 Å². The number of hydrogen-bond acceptors (Lipinski definition) is 7. The number of methoxy groups -OCH3 is 1. The molecular weight excluding hydrogens is 378 g/mol. The molecule has 1 unspecified atom stereocenters. The Morgan fingerprint density at radius 2 is 1.93 bits per heavy atom. The number of fused-ring (bicyclic) bond motifs is 1. The number of rotatable bonds is 4. The lowest BCUT2D eigenvalue weighted by atomic mass is 10.1. The molecule has 10 heteroatoms. The van der Waals surface area contributed by atoms with Crippen molar-refractivity contribution in [1.82, 2.24) is 23.9 Å². The van der Waals surface area contributed by atoms with E-state index in [1.54, 1.807) is 4.90 Å². The van der Waals surface area contributed by atoms with Crippen LogP contribution in [0.2, 0.25) is 0 Å². The van der Waals surface area contributed by atoms with Crippen molar-refractivity contribution in [3.05, 3.63) is 38.7 Å². The van der Waals surface area contributed by atoms with E-state index >= 15 is 0 Å². The number of hydrogen-bond donors (Lipinski definition) is 0. The Labute approximate surface area is 167 Å². The quantitative estimate of drug-likeness (QED) is 0.624. The van der Waals surface area contributed by atoms with Gasteiger partial charge in [-0.3, -0.25) is 28.4 Å². The van der Waals surface area contributed by atoms with E-state index in [9.17, 15) is 19.2 Å². The van der Waals surface area contributed by atoms with Gasteiger partial charge in [-0.2, -0.15) is 0 Å². The normalized spacial score (nSPS) is 17.5. The lowest BCUT2D eigenvalue weighted by Gasteiger charge is -2.39. The second-order valence-corrected chi connectivity index (χ2v) is 7.26. The van der Waals surface area contributed by atoms with Crippen LogP contribution < -0.4 is 11.2 Å². The fourth-order valence-electron chi connectivity index (χ4n) is 3.61. The molecule has 1 fully saturated rings. The summed E-state index contributed by atoms with van der Waals surface area (Å²) >= 11 is 0. The summed E-state index contributed by atoms with van der Waals surface area (Å²) in [5.41, 5.74) is -0.392. The van der Waals surface area contributed by atoms with Gasteiger partial charge in [0.15, 0.2) is 0 Å². The van der Waals surface area contributed by atoms with Gasteiger partial charge in [0, 0.05) is 52.5 Å². The highest BCUT2D eigenvalue weighted by atomic mass is 16.5. The summed E-state index contributed by atoms with van der Waals surface area (Å²) in [5.74, 6) is -0.469. The Kier molecular flexibility index (Phi) is 5.83. The minimum Gasteiger partial charge on any atom is -0.469 e. The molecule has 0 saturated carbocycles. The minimum absolute atomic E-state index is 0.0828. The van der Waals surface area contributed by atoms with E-state index in [1.165, 1.54) is 38.0 Å². The van der Waals surface area contributed by atoms with Gasteiger partial charge in [0.1, 0.15) is 5.65 Å². The van der Waals surface area contributed by atoms with E-state index in [4.69, 9.17) is 0 Å². The number of amides is 1. The lowest BCUT2D eigenvalue weighted by Crippen LogP contribution is -2.54. The monoisotopic (exact) mass is 403 g/mol. The molecule has 10 nitrogen and oxygen atoms in total. The van der Waals surface area contributed by atoms with Crippen LogP contribution in [0.3, 0.4) is 0 Å². The van der Waals surface area contributed by atoms with Crippen molar-refractivity contribution in [3.63, 3.8) is 0 Å². The third-order valence-corrected chi connectivity index (χ3v) is 5.42. The van der Waals surface area contributed by atoms with E-state index in [-0.39, 0.29) is 29.0 Å². The molecule has 0 radical (unpaired) electrons. The Morgan fingerprint density at radius 3 is 2.59 bits per heavy atom. The van der Waals surface area contributed by atoms with E-state index < -0.39 is 11.2 Å². The van der Waals surface area contributed by atoms with Crippen molar-refractivity contribution >= 4 is 22.9 Å². The summed E-state index contributed by atoms with van der Waals surface area (Å²) in [6, 6.07) is 1.58. The zero-order valence-electron chi connectivity index (χ0n) is 17.0. The first-order chi connectivity index (χ1) is 13.7. The molecule has 0 N–H and O–H groups in total. The summed E-state index contributed by atoms with van der Waals surface area (Å²) in [6.45, 7) is 4.23. The van der Waals surface area contributed by atoms with Crippen molar-refractivity contribution in [1.29, 1.82) is 0 Å². The van der Waals surface area contributed by atoms with Crippen LogP contribution in [0.25, 0.3) is 11.0 Å². The molecule has 1 aliphatic rings. The summed E-state index contributed by atoms with van der Waals surface area (Å²) in [7, 11) is 4.30. The first-order valence-corrected chi connectivity index (χ1v) is 9.40. The molecule has 0 bridgehead atoms. The topological polar surface area (TPSA) is 107 Å². The van der Waals surface area contributed by atoms with Gasteiger partial charge in [-0.05, 0) is 13.0 Å². The number of pyridine rings is 1. The van der Waals surface area contributed by atoms with Crippen molar-refractivity contribution < 1.29 is 14.3 Å². The lowest BCUT2D eigenvalue weighted by molar-refractivity contribution is -0.141. The van der Waals surface area contributed by atoms with Gasteiger partial charge in [-0.25, -0.2) is 9.78 Å². The summed E-state index contributed by atoms with van der Waals surface area (Å²) < 4.78 is 6.96. The van der Waals surface area contributed by atoms with Crippen LogP contribution in [0, 0.1) is 0 Å². The predicted molar refractivity (Wildman–Crippen MR) is 106 cm³/mol. The van der Waals surface area contributed by atoms with Crippen LogP contribution in [0.4, 0.5) is 0 Å². The van der Waals surface area contributed by atoms with Crippen LogP contribution in [-0.2, 0) is 23.6 Å². The van der Waals surface area contributed by atoms with Crippen molar-refractivity contribution in [2.24, 2.45) is 14.1 Å². The summed E-state index contributed by atoms with van der Waals surface area (Å²) in [6.07, 6.45) is 1.71. The number of esters is 1. The zero-order chi connectivity index (χ0) is 21.3. The Balaban J connectivity index is 1.79. The van der Waals surface area contributed by atoms with Crippen LogP contribution in [0.15, 0.2) is 21.9 Å². The molecule has 156 valence electrons. The molecule has 0 spiro atoms. The van der Waals surface area contributed by atoms with E-state index in [2.05, 4.69) is 14.6 Å². The van der Waals surface area contributed by atoms with Crippen LogP contribution in [0.1, 0.15) is 23.7 Å². The zero-order valence-corrected chi connectivity index (χ0v) is 17.0. The molecule has 3 heterocycles. The third-order valence-electron chi connectivity index (χ3n) is 5.42. The Bertz CT molecular complexity index is 1070. The number of carbonyl (C=O) groups is 2. The molecule has 0 aliphatic carbocycles. The van der Waals surface area contributed by atoms with Crippen LogP contribution in [0.5, 0.6) is 0 Å². The van der Waals surface area contributed by atoms with Gasteiger partial charge < -0.3 is 9.64 Å². The minimum atomic E-state index is -0.480. The Hall–Kier alpha value is -3.01. The van der Waals surface area contributed by atoms with E-state index in [0.29, 0.717) is 38.2 Å². The maximum Gasteiger partial charge on any atom is 0.332 e. The fourth-order valence-corrected chi connectivity index (χ4v) is 3.61. The Morgan fingerprint density at radius 1 is 1.21 bits per heavy atom. The average Bonchev–Trinajstić information content (AvgIpc) is 2.74. The molecule has 1 atom stereocenters. The highest BCUT2D eigenvalue weighted by Crippen LogP contribution is 2.15. The maximum absolute atomic E-state index is 13.0. The largest absolute Gasteiger partial charge is 0.469 e. The molecule has 29 heavy (non-hydrogen) atoms. The highest BCUT2D eigenvalue weighted by molar-refractivity contribution is 5.96. The first kappa shape index (κ1) is 20.7. The molecule has 1 aliphatic heterocycles. The fraction of sp³-hybridized carbons (Fsp3) is 0.526. The summed E-state index contributed by atoms with van der Waals surface area (Å²) in [5, 5.41) is 0.227. The van der Waals surface area contributed by atoms with E-state index in [1.807, 2.05) is 6.92 Å².